The smallest absolute Gasteiger partial charge is 0.229 e. The molecule has 0 fully saturated rings. The van der Waals surface area contributed by atoms with Crippen molar-refractivity contribution in [2.45, 2.75) is 41.5 Å². The highest BCUT2D eigenvalue weighted by atomic mass is 19.1. The molecule has 32 heavy (non-hydrogen) atoms. The monoisotopic (exact) mass is 438 g/mol. The van der Waals surface area contributed by atoms with Crippen LogP contribution in [-0.4, -0.2) is 11.8 Å². The van der Waals surface area contributed by atoms with Gasteiger partial charge in [0.1, 0.15) is 5.76 Å². The molecule has 0 spiro atoms. The Morgan fingerprint density at radius 3 is 1.97 bits per heavy atom. The molecule has 0 unspecified atom stereocenters. The SMILES string of the molecule is CC(C)(C)C(=O)Nc1ccc(-c2cc(=O)c3c(NC(=O)C(C)(C)C)ccc(F)c3o2)cc1. The van der Waals surface area contributed by atoms with Gasteiger partial charge in [-0.2, -0.15) is 0 Å². The number of hydrogen-bond donors (Lipinski definition) is 2. The lowest BCUT2D eigenvalue weighted by atomic mass is 9.95. The normalized spacial score (nSPS) is 12.0. The van der Waals surface area contributed by atoms with Gasteiger partial charge in [-0.25, -0.2) is 4.39 Å². The fraction of sp³-hybridized carbons (Fsp3) is 0.320. The Bertz CT molecular complexity index is 1250. The van der Waals surface area contributed by atoms with Gasteiger partial charge >= 0.3 is 0 Å². The molecule has 3 aromatic rings. The first-order chi connectivity index (χ1) is 14.8. The van der Waals surface area contributed by atoms with Crippen LogP contribution in [0.2, 0.25) is 0 Å². The van der Waals surface area contributed by atoms with Crippen LogP contribution >= 0.6 is 0 Å². The number of benzene rings is 2. The summed E-state index contributed by atoms with van der Waals surface area (Å²) in [5.41, 5.74) is -0.607. The molecule has 0 aliphatic heterocycles. The van der Waals surface area contributed by atoms with Crippen LogP contribution in [0.3, 0.4) is 0 Å². The Labute approximate surface area is 185 Å². The highest BCUT2D eigenvalue weighted by molar-refractivity contribution is 6.02. The largest absolute Gasteiger partial charge is 0.453 e. The zero-order valence-electron chi connectivity index (χ0n) is 19.1. The van der Waals surface area contributed by atoms with E-state index in [1.165, 1.54) is 12.1 Å². The summed E-state index contributed by atoms with van der Waals surface area (Å²) < 4.78 is 20.3. The molecule has 0 aliphatic rings. The van der Waals surface area contributed by atoms with E-state index < -0.39 is 22.1 Å². The summed E-state index contributed by atoms with van der Waals surface area (Å²) >= 11 is 0. The summed E-state index contributed by atoms with van der Waals surface area (Å²) in [6.45, 7) is 10.7. The van der Waals surface area contributed by atoms with E-state index in [1.807, 2.05) is 20.8 Å². The average Bonchev–Trinajstić information content (AvgIpc) is 2.69. The van der Waals surface area contributed by atoms with E-state index in [9.17, 15) is 18.8 Å². The lowest BCUT2D eigenvalue weighted by molar-refractivity contribution is -0.123. The third-order valence-corrected chi connectivity index (χ3v) is 4.87. The zero-order chi connectivity index (χ0) is 23.8. The molecule has 7 heteroatoms. The van der Waals surface area contributed by atoms with Crippen LogP contribution in [-0.2, 0) is 9.59 Å². The highest BCUT2D eigenvalue weighted by Gasteiger charge is 2.24. The van der Waals surface area contributed by atoms with Gasteiger partial charge in [-0.1, -0.05) is 41.5 Å². The second-order valence-electron chi connectivity index (χ2n) is 9.76. The molecule has 2 N–H and O–H groups in total. The molecule has 3 rings (SSSR count). The quantitative estimate of drug-likeness (QED) is 0.560. The minimum atomic E-state index is -0.707. The molecule has 0 atom stereocenters. The number of hydrogen-bond acceptors (Lipinski definition) is 4. The lowest BCUT2D eigenvalue weighted by Gasteiger charge is -2.18. The van der Waals surface area contributed by atoms with Gasteiger partial charge in [0.25, 0.3) is 0 Å². The topological polar surface area (TPSA) is 88.4 Å². The molecule has 0 saturated heterocycles. The van der Waals surface area contributed by atoms with Gasteiger partial charge in [-0.3, -0.25) is 14.4 Å². The van der Waals surface area contributed by atoms with E-state index in [-0.39, 0.29) is 34.2 Å². The van der Waals surface area contributed by atoms with Crippen molar-refractivity contribution < 1.29 is 18.4 Å². The summed E-state index contributed by atoms with van der Waals surface area (Å²) in [6, 6.07) is 10.5. The molecule has 0 bridgehead atoms. The predicted molar refractivity (Wildman–Crippen MR) is 124 cm³/mol. The number of halogens is 1. The Balaban J connectivity index is 1.99. The fourth-order valence-electron chi connectivity index (χ4n) is 2.82. The summed E-state index contributed by atoms with van der Waals surface area (Å²) in [4.78, 5) is 37.4. The molecule has 0 radical (unpaired) electrons. The standard InChI is InChI=1S/C25H27FN2O4/c1-24(2,3)22(30)27-15-9-7-14(8-10-15)19-13-18(29)20-17(28-23(31)25(4,5)6)12-11-16(26)21(20)32-19/h7-13H,1-6H3,(H,27,30)(H,28,31). The Morgan fingerprint density at radius 2 is 1.41 bits per heavy atom. The van der Waals surface area contributed by atoms with Crippen molar-refractivity contribution in [1.82, 2.24) is 0 Å². The van der Waals surface area contributed by atoms with E-state index in [1.54, 1.807) is 45.0 Å². The molecule has 2 amide bonds. The van der Waals surface area contributed by atoms with Crippen LogP contribution in [0.5, 0.6) is 0 Å². The Kier molecular flexibility index (Phi) is 5.96. The first kappa shape index (κ1) is 23.2. The van der Waals surface area contributed by atoms with Gasteiger partial charge in [0.15, 0.2) is 16.8 Å². The van der Waals surface area contributed by atoms with Crippen molar-refractivity contribution in [3.63, 3.8) is 0 Å². The second-order valence-corrected chi connectivity index (χ2v) is 9.76. The summed E-state index contributed by atoms with van der Waals surface area (Å²) in [6.07, 6.45) is 0. The zero-order valence-corrected chi connectivity index (χ0v) is 19.1. The maximum atomic E-state index is 14.5. The van der Waals surface area contributed by atoms with Crippen molar-refractivity contribution in [3.05, 3.63) is 58.5 Å². The number of amides is 2. The molecule has 6 nitrogen and oxygen atoms in total. The molecule has 1 aromatic heterocycles. The first-order valence-corrected chi connectivity index (χ1v) is 10.3. The van der Waals surface area contributed by atoms with E-state index in [0.717, 1.165) is 6.07 Å². The number of carbonyl (C=O) groups excluding carboxylic acids is 2. The number of rotatable bonds is 3. The van der Waals surface area contributed by atoms with Crippen molar-refractivity contribution in [1.29, 1.82) is 0 Å². The van der Waals surface area contributed by atoms with Crippen LogP contribution in [0.1, 0.15) is 41.5 Å². The van der Waals surface area contributed by atoms with Crippen LogP contribution in [0.25, 0.3) is 22.3 Å². The number of carbonyl (C=O) groups is 2. The minimum Gasteiger partial charge on any atom is -0.453 e. The highest BCUT2D eigenvalue weighted by Crippen LogP contribution is 2.30. The lowest BCUT2D eigenvalue weighted by Crippen LogP contribution is -2.28. The number of nitrogens with one attached hydrogen (secondary N) is 2. The number of fused-ring (bicyclic) bond motifs is 1. The van der Waals surface area contributed by atoms with Crippen LogP contribution in [0.4, 0.5) is 15.8 Å². The minimum absolute atomic E-state index is 0.0274. The van der Waals surface area contributed by atoms with Crippen molar-refractivity contribution in [3.8, 4) is 11.3 Å². The van der Waals surface area contributed by atoms with Crippen LogP contribution < -0.4 is 16.1 Å². The Morgan fingerprint density at radius 1 is 0.844 bits per heavy atom. The average molecular weight is 438 g/mol. The molecule has 0 saturated carbocycles. The van der Waals surface area contributed by atoms with Gasteiger partial charge < -0.3 is 15.1 Å². The predicted octanol–water partition coefficient (Wildman–Crippen LogP) is 5.57. The van der Waals surface area contributed by atoms with Gasteiger partial charge in [0.2, 0.25) is 11.8 Å². The Hall–Kier alpha value is -3.48. The molecule has 1 heterocycles. The van der Waals surface area contributed by atoms with E-state index in [0.29, 0.717) is 11.3 Å². The fourth-order valence-corrected chi connectivity index (χ4v) is 2.82. The van der Waals surface area contributed by atoms with Crippen molar-refractivity contribution >= 4 is 34.2 Å². The van der Waals surface area contributed by atoms with Gasteiger partial charge in [-0.15, -0.1) is 0 Å². The number of anilines is 2. The van der Waals surface area contributed by atoms with E-state index in [4.69, 9.17) is 4.42 Å². The summed E-state index contributed by atoms with van der Waals surface area (Å²) in [5, 5.41) is 5.47. The summed E-state index contributed by atoms with van der Waals surface area (Å²) in [7, 11) is 0. The molecular formula is C25H27FN2O4. The van der Waals surface area contributed by atoms with Crippen LogP contribution in [0, 0.1) is 16.6 Å². The van der Waals surface area contributed by atoms with Gasteiger partial charge in [0.05, 0.1) is 11.1 Å². The third-order valence-electron chi connectivity index (χ3n) is 4.87. The molecule has 0 aliphatic carbocycles. The third kappa shape index (κ3) is 4.88. The van der Waals surface area contributed by atoms with E-state index in [2.05, 4.69) is 10.6 Å². The molecule has 168 valence electrons. The summed E-state index contributed by atoms with van der Waals surface area (Å²) in [5.74, 6) is -0.965. The second kappa shape index (κ2) is 8.22. The van der Waals surface area contributed by atoms with E-state index >= 15 is 0 Å². The van der Waals surface area contributed by atoms with Crippen molar-refractivity contribution in [2.75, 3.05) is 10.6 Å². The van der Waals surface area contributed by atoms with Crippen LogP contribution in [0.15, 0.2) is 51.7 Å². The maximum Gasteiger partial charge on any atom is 0.229 e. The molecule has 2 aromatic carbocycles. The van der Waals surface area contributed by atoms with Gasteiger partial charge in [0, 0.05) is 28.1 Å². The molecular weight excluding hydrogens is 411 g/mol. The maximum absolute atomic E-state index is 14.5. The van der Waals surface area contributed by atoms with Crippen molar-refractivity contribution in [2.24, 2.45) is 10.8 Å². The van der Waals surface area contributed by atoms with Gasteiger partial charge in [-0.05, 0) is 36.4 Å². The first-order valence-electron chi connectivity index (χ1n) is 10.3.